The summed E-state index contributed by atoms with van der Waals surface area (Å²) in [6.45, 7) is 0. The predicted molar refractivity (Wildman–Crippen MR) is 40.0 cm³/mol. The van der Waals surface area contributed by atoms with Gasteiger partial charge >= 0.3 is 0 Å². The van der Waals surface area contributed by atoms with E-state index >= 15 is 0 Å². The third-order valence-electron chi connectivity index (χ3n) is 1.57. The highest BCUT2D eigenvalue weighted by atomic mass is 16.1. The van der Waals surface area contributed by atoms with Gasteiger partial charge in [-0.15, -0.1) is 0 Å². The molecule has 0 bridgehead atoms. The van der Waals surface area contributed by atoms with Gasteiger partial charge in [-0.2, -0.15) is 0 Å². The fourth-order valence-electron chi connectivity index (χ4n) is 1.06. The lowest BCUT2D eigenvalue weighted by Gasteiger charge is -2.04. The molecule has 0 atom stereocenters. The lowest BCUT2D eigenvalue weighted by Crippen LogP contribution is -2.07. The monoisotopic (exact) mass is 146 g/mol. The highest BCUT2D eigenvalue weighted by Gasteiger charge is 2.13. The Balaban J connectivity index is 2.63. The number of fused-ring (bicyclic) bond motifs is 1. The fourth-order valence-corrected chi connectivity index (χ4v) is 1.06. The first-order chi connectivity index (χ1) is 5.38. The summed E-state index contributed by atoms with van der Waals surface area (Å²) in [7, 11) is 0. The summed E-state index contributed by atoms with van der Waals surface area (Å²) in [5, 5.41) is 0. The van der Waals surface area contributed by atoms with Gasteiger partial charge in [-0.05, 0) is 6.08 Å². The van der Waals surface area contributed by atoms with Crippen LogP contribution in [0, 0.1) is 0 Å². The van der Waals surface area contributed by atoms with E-state index in [-0.39, 0.29) is 5.78 Å². The van der Waals surface area contributed by atoms with Crippen molar-refractivity contribution in [1.82, 2.24) is 9.97 Å². The fraction of sp³-hybridized carbons (Fsp3) is 0.125. The molecule has 54 valence electrons. The van der Waals surface area contributed by atoms with Crippen molar-refractivity contribution in [3.63, 3.8) is 0 Å². The van der Waals surface area contributed by atoms with Crippen molar-refractivity contribution < 1.29 is 4.79 Å². The smallest absolute Gasteiger partial charge is 0.187 e. The number of allylic oxidation sites excluding steroid dienone is 1. The Morgan fingerprint density at radius 3 is 2.91 bits per heavy atom. The summed E-state index contributed by atoms with van der Waals surface area (Å²) >= 11 is 0. The van der Waals surface area contributed by atoms with Gasteiger partial charge in [0.25, 0.3) is 0 Å². The summed E-state index contributed by atoms with van der Waals surface area (Å²) in [5.41, 5.74) is 1.18. The number of nitrogens with zero attached hydrogens (tertiary/aromatic N) is 2. The summed E-state index contributed by atoms with van der Waals surface area (Å²) in [4.78, 5) is 19.1. The maximum atomic E-state index is 11.1. The first kappa shape index (κ1) is 6.22. The topological polar surface area (TPSA) is 42.9 Å². The average Bonchev–Trinajstić information content (AvgIpc) is 2.06. The van der Waals surface area contributed by atoms with E-state index in [1.54, 1.807) is 12.3 Å². The van der Waals surface area contributed by atoms with Crippen molar-refractivity contribution in [2.24, 2.45) is 0 Å². The van der Waals surface area contributed by atoms with E-state index in [1.165, 1.54) is 6.20 Å². The van der Waals surface area contributed by atoms with Gasteiger partial charge < -0.3 is 0 Å². The molecule has 0 aliphatic heterocycles. The van der Waals surface area contributed by atoms with Gasteiger partial charge in [0.2, 0.25) is 0 Å². The number of rotatable bonds is 0. The van der Waals surface area contributed by atoms with Gasteiger partial charge in [0, 0.05) is 18.8 Å². The van der Waals surface area contributed by atoms with E-state index in [2.05, 4.69) is 9.97 Å². The van der Waals surface area contributed by atoms with Gasteiger partial charge in [-0.25, -0.2) is 4.98 Å². The van der Waals surface area contributed by atoms with Crippen LogP contribution in [-0.4, -0.2) is 15.8 Å². The predicted octanol–water partition coefficient (Wildman–Crippen LogP) is 1.08. The zero-order valence-electron chi connectivity index (χ0n) is 5.82. The minimum atomic E-state index is 0.0515. The molecule has 1 aliphatic rings. The third kappa shape index (κ3) is 0.941. The summed E-state index contributed by atoms with van der Waals surface area (Å²) in [6.07, 6.45) is 7.20. The van der Waals surface area contributed by atoms with E-state index in [1.807, 2.05) is 6.08 Å². The molecule has 0 saturated carbocycles. The van der Waals surface area contributed by atoms with Crippen LogP contribution in [-0.2, 0) is 0 Å². The largest absolute Gasteiger partial charge is 0.292 e. The molecule has 0 N–H and O–H groups in total. The molecule has 0 spiro atoms. The van der Waals surface area contributed by atoms with E-state index in [4.69, 9.17) is 0 Å². The zero-order chi connectivity index (χ0) is 7.68. The van der Waals surface area contributed by atoms with Crippen LogP contribution in [0.2, 0.25) is 0 Å². The summed E-state index contributed by atoms with van der Waals surface area (Å²) in [6, 6.07) is 0. The Labute approximate surface area is 63.8 Å². The van der Waals surface area contributed by atoms with E-state index < -0.39 is 0 Å². The standard InChI is InChI=1S/C8H6N2O/c11-7-3-1-2-6-8(7)10-5-4-9-6/h1-2,4-5H,3H2. The lowest BCUT2D eigenvalue weighted by molar-refractivity contribution is 0.0989. The maximum Gasteiger partial charge on any atom is 0.187 e. The molecule has 1 aromatic rings. The first-order valence-electron chi connectivity index (χ1n) is 3.38. The van der Waals surface area contributed by atoms with Gasteiger partial charge in [-0.1, -0.05) is 6.08 Å². The molecule has 2 rings (SSSR count). The molecule has 0 radical (unpaired) electrons. The quantitative estimate of drug-likeness (QED) is 0.550. The second-order valence-electron chi connectivity index (χ2n) is 2.32. The Morgan fingerprint density at radius 1 is 1.27 bits per heavy atom. The minimum absolute atomic E-state index is 0.0515. The molecule has 1 aliphatic carbocycles. The zero-order valence-corrected chi connectivity index (χ0v) is 5.82. The Hall–Kier alpha value is -1.51. The van der Waals surface area contributed by atoms with Crippen LogP contribution in [0.25, 0.3) is 6.08 Å². The average molecular weight is 146 g/mol. The number of ketones is 1. The van der Waals surface area contributed by atoms with Crippen molar-refractivity contribution in [2.45, 2.75) is 6.42 Å². The molecule has 0 fully saturated rings. The lowest BCUT2D eigenvalue weighted by atomic mass is 10.1. The number of hydrogen-bond acceptors (Lipinski definition) is 3. The molecule has 0 amide bonds. The highest BCUT2D eigenvalue weighted by Crippen LogP contribution is 2.12. The SMILES string of the molecule is O=C1CC=Cc2nccnc21. The van der Waals surface area contributed by atoms with E-state index in [0.29, 0.717) is 17.8 Å². The number of carbonyl (C=O) groups is 1. The van der Waals surface area contributed by atoms with Gasteiger partial charge in [0.1, 0.15) is 5.69 Å². The number of aromatic nitrogens is 2. The van der Waals surface area contributed by atoms with Crippen LogP contribution in [0.3, 0.4) is 0 Å². The molecular weight excluding hydrogens is 140 g/mol. The molecule has 3 nitrogen and oxygen atoms in total. The van der Waals surface area contributed by atoms with Gasteiger partial charge in [0.05, 0.1) is 5.69 Å². The minimum Gasteiger partial charge on any atom is -0.292 e. The normalized spacial score (nSPS) is 14.7. The number of hydrogen-bond donors (Lipinski definition) is 0. The van der Waals surface area contributed by atoms with Crippen molar-refractivity contribution in [3.8, 4) is 0 Å². The highest BCUT2D eigenvalue weighted by molar-refractivity contribution is 6.00. The van der Waals surface area contributed by atoms with E-state index in [0.717, 1.165) is 0 Å². The maximum absolute atomic E-state index is 11.1. The van der Waals surface area contributed by atoms with Crippen LogP contribution in [0.4, 0.5) is 0 Å². The van der Waals surface area contributed by atoms with Crippen molar-refractivity contribution in [3.05, 3.63) is 29.9 Å². The summed E-state index contributed by atoms with van der Waals surface area (Å²) in [5.74, 6) is 0.0515. The molecule has 3 heteroatoms. The molecule has 0 unspecified atom stereocenters. The second kappa shape index (κ2) is 2.27. The van der Waals surface area contributed by atoms with Crippen molar-refractivity contribution in [1.29, 1.82) is 0 Å². The van der Waals surface area contributed by atoms with Crippen LogP contribution in [0.1, 0.15) is 22.6 Å². The molecule has 1 aromatic heterocycles. The van der Waals surface area contributed by atoms with Crippen LogP contribution >= 0.6 is 0 Å². The van der Waals surface area contributed by atoms with Crippen LogP contribution in [0.15, 0.2) is 18.5 Å². The molecule has 11 heavy (non-hydrogen) atoms. The Bertz CT molecular complexity index is 331. The van der Waals surface area contributed by atoms with Gasteiger partial charge in [0.15, 0.2) is 5.78 Å². The van der Waals surface area contributed by atoms with Crippen LogP contribution < -0.4 is 0 Å². The molecule has 0 saturated heterocycles. The second-order valence-corrected chi connectivity index (χ2v) is 2.32. The van der Waals surface area contributed by atoms with Crippen molar-refractivity contribution in [2.75, 3.05) is 0 Å². The van der Waals surface area contributed by atoms with Gasteiger partial charge in [-0.3, -0.25) is 9.78 Å². The van der Waals surface area contributed by atoms with Crippen LogP contribution in [0.5, 0.6) is 0 Å². The Morgan fingerprint density at radius 2 is 2.09 bits per heavy atom. The molecule has 0 aromatic carbocycles. The third-order valence-corrected chi connectivity index (χ3v) is 1.57. The number of Topliss-reactive ketones (excluding diaryl/α,β-unsaturated/α-hetero) is 1. The van der Waals surface area contributed by atoms with Crippen molar-refractivity contribution >= 4 is 11.9 Å². The summed E-state index contributed by atoms with van der Waals surface area (Å²) < 4.78 is 0. The Kier molecular flexibility index (Phi) is 1.28. The molecule has 1 heterocycles. The van der Waals surface area contributed by atoms with E-state index in [9.17, 15) is 4.79 Å². The first-order valence-corrected chi connectivity index (χ1v) is 3.38. The molecular formula is C8H6N2O. The number of carbonyl (C=O) groups excluding carboxylic acids is 1.